The molecule has 0 aliphatic heterocycles. The summed E-state index contributed by atoms with van der Waals surface area (Å²) in [5, 5.41) is 4.33. The summed E-state index contributed by atoms with van der Waals surface area (Å²) in [7, 11) is 0. The molecule has 2 heterocycles. The Bertz CT molecular complexity index is 3310. The second-order valence-corrected chi connectivity index (χ2v) is 14.6. The van der Waals surface area contributed by atoms with Gasteiger partial charge in [-0.15, -0.1) is 0 Å². The van der Waals surface area contributed by atoms with Gasteiger partial charge in [0.1, 0.15) is 5.52 Å². The van der Waals surface area contributed by atoms with Crippen molar-refractivity contribution >= 4 is 32.6 Å². The Hall–Kier alpha value is -8.02. The number of hydrogen-bond donors (Lipinski definition) is 0. The summed E-state index contributed by atoms with van der Waals surface area (Å²) in [6.45, 7) is 0. The van der Waals surface area contributed by atoms with Gasteiger partial charge < -0.3 is 4.42 Å². The zero-order valence-electron chi connectivity index (χ0n) is 31.8. The summed E-state index contributed by atoms with van der Waals surface area (Å²) in [6, 6.07) is 71.2. The highest BCUT2D eigenvalue weighted by molar-refractivity contribution is 6.11. The third-order valence-corrected chi connectivity index (χ3v) is 11.0. The van der Waals surface area contributed by atoms with E-state index in [1.54, 1.807) is 0 Å². The second-order valence-electron chi connectivity index (χ2n) is 14.6. The van der Waals surface area contributed by atoms with Crippen LogP contribution >= 0.6 is 0 Å². The van der Waals surface area contributed by atoms with Gasteiger partial charge in [-0.3, -0.25) is 0 Å². The van der Waals surface area contributed by atoms with E-state index >= 15 is 0 Å². The molecule has 0 unspecified atom stereocenters. The minimum atomic E-state index is 0.600. The maximum Gasteiger partial charge on any atom is 0.227 e. The molecule has 0 aliphatic carbocycles. The van der Waals surface area contributed by atoms with Crippen LogP contribution in [0.2, 0.25) is 0 Å². The van der Waals surface area contributed by atoms with Crippen LogP contribution in [0.4, 0.5) is 0 Å². The third kappa shape index (κ3) is 6.32. The largest absolute Gasteiger partial charge is 0.435 e. The number of benzene rings is 9. The van der Waals surface area contributed by atoms with Gasteiger partial charge in [0.05, 0.1) is 0 Å². The van der Waals surface area contributed by atoms with E-state index in [0.29, 0.717) is 23.4 Å². The molecule has 0 spiro atoms. The van der Waals surface area contributed by atoms with Crippen molar-refractivity contribution in [2.75, 3.05) is 0 Å². The molecule has 2 aromatic heterocycles. The smallest absolute Gasteiger partial charge is 0.227 e. The zero-order valence-corrected chi connectivity index (χ0v) is 31.8. The van der Waals surface area contributed by atoms with Crippen LogP contribution in [-0.4, -0.2) is 19.9 Å². The topological polar surface area (TPSA) is 64.7 Å². The first-order valence-electron chi connectivity index (χ1n) is 19.7. The third-order valence-electron chi connectivity index (χ3n) is 11.0. The lowest BCUT2D eigenvalue weighted by Crippen LogP contribution is -2.01. The molecule has 0 bridgehead atoms. The summed E-state index contributed by atoms with van der Waals surface area (Å²) < 4.78 is 6.49. The highest BCUT2D eigenvalue weighted by Gasteiger charge is 2.18. The van der Waals surface area contributed by atoms with Crippen LogP contribution in [0.3, 0.4) is 0 Å². The molecule has 0 saturated heterocycles. The van der Waals surface area contributed by atoms with Gasteiger partial charge in [0.15, 0.2) is 23.1 Å². The molecule has 0 aliphatic rings. The van der Waals surface area contributed by atoms with Crippen LogP contribution in [0.5, 0.6) is 0 Å². The van der Waals surface area contributed by atoms with Gasteiger partial charge in [-0.25, -0.2) is 19.9 Å². The average molecular weight is 755 g/mol. The van der Waals surface area contributed by atoms with E-state index in [4.69, 9.17) is 24.4 Å². The molecular formula is C54H34N4O. The molecular weight excluding hydrogens is 721 g/mol. The van der Waals surface area contributed by atoms with Crippen molar-refractivity contribution in [3.05, 3.63) is 206 Å². The Morgan fingerprint density at radius 3 is 1.63 bits per heavy atom. The maximum absolute atomic E-state index is 6.49. The monoisotopic (exact) mass is 754 g/mol. The second kappa shape index (κ2) is 14.5. The molecule has 9 aromatic carbocycles. The SMILES string of the molecule is c1ccc(-c2nc3ccc4cccc(-c5ccc(-c6nc(-c7cccc(-c8ccccc8-c8ccccc8)c7)nc(-c7cccc8ccccc78)n6)cc5)c4c3o2)cc1. The predicted molar refractivity (Wildman–Crippen MR) is 240 cm³/mol. The molecule has 0 N–H and O–H groups in total. The van der Waals surface area contributed by atoms with E-state index in [9.17, 15) is 0 Å². The maximum atomic E-state index is 6.49. The zero-order chi connectivity index (χ0) is 39.1. The number of hydrogen-bond acceptors (Lipinski definition) is 5. The Labute approximate surface area is 341 Å². The van der Waals surface area contributed by atoms with E-state index in [1.165, 1.54) is 11.1 Å². The lowest BCUT2D eigenvalue weighted by atomic mass is 9.93. The van der Waals surface area contributed by atoms with Gasteiger partial charge in [0, 0.05) is 27.6 Å². The van der Waals surface area contributed by atoms with E-state index in [1.807, 2.05) is 42.5 Å². The molecule has 276 valence electrons. The fraction of sp³-hybridized carbons (Fsp3) is 0. The van der Waals surface area contributed by atoms with Gasteiger partial charge in [0.2, 0.25) is 5.89 Å². The summed E-state index contributed by atoms with van der Waals surface area (Å²) >= 11 is 0. The predicted octanol–water partition coefficient (Wildman–Crippen LogP) is 14.0. The van der Waals surface area contributed by atoms with E-state index in [-0.39, 0.29) is 0 Å². The van der Waals surface area contributed by atoms with E-state index < -0.39 is 0 Å². The van der Waals surface area contributed by atoms with E-state index in [2.05, 4.69) is 164 Å². The number of oxazole rings is 1. The van der Waals surface area contributed by atoms with Crippen molar-refractivity contribution in [3.8, 4) is 79.0 Å². The standard InChI is InChI=1S/C54H34N4O/c1-3-14-35(15-4-1)43-23-9-10-25-45(43)41-21-11-22-42(34-41)52-56-51(57-53(58-52)47-27-12-19-36-16-7-8-24-44(36)47)39-30-28-37(29-31-39)46-26-13-20-38-32-33-48-50(49(38)46)59-54(55-48)40-17-5-2-6-18-40/h1-34H. The Balaban J connectivity index is 1.03. The lowest BCUT2D eigenvalue weighted by molar-refractivity contribution is 0.623. The molecule has 59 heavy (non-hydrogen) atoms. The molecule has 0 atom stereocenters. The molecule has 11 aromatic rings. The Morgan fingerprint density at radius 2 is 0.831 bits per heavy atom. The number of fused-ring (bicyclic) bond motifs is 4. The van der Waals surface area contributed by atoms with Gasteiger partial charge >= 0.3 is 0 Å². The first kappa shape index (κ1) is 34.2. The molecule has 0 amide bonds. The van der Waals surface area contributed by atoms with Crippen LogP contribution < -0.4 is 0 Å². The molecule has 5 nitrogen and oxygen atoms in total. The normalized spacial score (nSPS) is 11.4. The molecule has 0 saturated carbocycles. The van der Waals surface area contributed by atoms with Crippen molar-refractivity contribution < 1.29 is 4.42 Å². The van der Waals surface area contributed by atoms with Gasteiger partial charge in [-0.2, -0.15) is 0 Å². The summed E-state index contributed by atoms with van der Waals surface area (Å²) in [5.41, 5.74) is 12.0. The average Bonchev–Trinajstić information content (AvgIpc) is 3.77. The van der Waals surface area contributed by atoms with Crippen LogP contribution in [-0.2, 0) is 0 Å². The lowest BCUT2D eigenvalue weighted by Gasteiger charge is -2.13. The van der Waals surface area contributed by atoms with Gasteiger partial charge in [0.25, 0.3) is 0 Å². The quantitative estimate of drug-likeness (QED) is 0.162. The minimum absolute atomic E-state index is 0.600. The van der Waals surface area contributed by atoms with Crippen molar-refractivity contribution in [1.29, 1.82) is 0 Å². The minimum Gasteiger partial charge on any atom is -0.435 e. The highest BCUT2D eigenvalue weighted by atomic mass is 16.3. The Kier molecular flexibility index (Phi) is 8.41. The van der Waals surface area contributed by atoms with Crippen molar-refractivity contribution in [2.24, 2.45) is 0 Å². The van der Waals surface area contributed by atoms with Crippen molar-refractivity contribution in [1.82, 2.24) is 19.9 Å². The molecule has 0 radical (unpaired) electrons. The van der Waals surface area contributed by atoms with E-state index in [0.717, 1.165) is 77.2 Å². The fourth-order valence-corrected chi connectivity index (χ4v) is 8.10. The van der Waals surface area contributed by atoms with Crippen LogP contribution in [0.1, 0.15) is 0 Å². The number of rotatable bonds is 7. The summed E-state index contributed by atoms with van der Waals surface area (Å²) in [5.74, 6) is 2.44. The fourth-order valence-electron chi connectivity index (χ4n) is 8.10. The van der Waals surface area contributed by atoms with Gasteiger partial charge in [-0.05, 0) is 73.8 Å². The first-order valence-corrected chi connectivity index (χ1v) is 19.7. The highest BCUT2D eigenvalue weighted by Crippen LogP contribution is 2.38. The van der Waals surface area contributed by atoms with Crippen LogP contribution in [0, 0.1) is 0 Å². The van der Waals surface area contributed by atoms with Gasteiger partial charge in [-0.1, -0.05) is 182 Å². The Morgan fingerprint density at radius 1 is 0.305 bits per heavy atom. The molecule has 0 fully saturated rings. The van der Waals surface area contributed by atoms with Crippen molar-refractivity contribution in [3.63, 3.8) is 0 Å². The number of aromatic nitrogens is 4. The molecule has 11 rings (SSSR count). The van der Waals surface area contributed by atoms with Crippen LogP contribution in [0.15, 0.2) is 211 Å². The summed E-state index contributed by atoms with van der Waals surface area (Å²) in [4.78, 5) is 20.4. The first-order chi connectivity index (χ1) is 29.2. The van der Waals surface area contributed by atoms with Crippen LogP contribution in [0.25, 0.3) is 112 Å². The number of nitrogens with zero attached hydrogens (tertiary/aromatic N) is 4. The molecule has 5 heteroatoms. The van der Waals surface area contributed by atoms with Crippen molar-refractivity contribution in [2.45, 2.75) is 0 Å². The summed E-state index contributed by atoms with van der Waals surface area (Å²) in [6.07, 6.45) is 0.